The van der Waals surface area contributed by atoms with Gasteiger partial charge < -0.3 is 10.6 Å². The summed E-state index contributed by atoms with van der Waals surface area (Å²) in [5, 5.41) is 0. The van der Waals surface area contributed by atoms with Crippen LogP contribution in [0.4, 0.5) is 15.8 Å². The Labute approximate surface area is 107 Å². The molecule has 2 aromatic carbocycles. The molecule has 0 aliphatic carbocycles. The molecule has 0 heterocycles. The Balaban J connectivity index is 2.19. The van der Waals surface area contributed by atoms with Crippen molar-refractivity contribution in [2.75, 3.05) is 17.7 Å². The van der Waals surface area contributed by atoms with Crippen LogP contribution in [0.25, 0.3) is 0 Å². The zero-order chi connectivity index (χ0) is 13.1. The van der Waals surface area contributed by atoms with Crippen LogP contribution in [0.2, 0.25) is 0 Å². The van der Waals surface area contributed by atoms with E-state index in [1.165, 1.54) is 23.3 Å². The van der Waals surface area contributed by atoms with Crippen LogP contribution in [0.3, 0.4) is 0 Å². The molecule has 0 radical (unpaired) electrons. The second-order valence-corrected chi connectivity index (χ2v) is 4.59. The number of nitrogens with two attached hydrogens (primary N) is 1. The number of hydrogen-bond donors (Lipinski definition) is 1. The normalized spacial score (nSPS) is 10.4. The van der Waals surface area contributed by atoms with Crippen molar-refractivity contribution in [1.82, 2.24) is 0 Å². The molecule has 2 aromatic rings. The molecule has 18 heavy (non-hydrogen) atoms. The molecule has 0 saturated heterocycles. The van der Waals surface area contributed by atoms with Gasteiger partial charge >= 0.3 is 0 Å². The van der Waals surface area contributed by atoms with Crippen LogP contribution in [0.15, 0.2) is 42.5 Å². The Morgan fingerprint density at radius 1 is 1.17 bits per heavy atom. The van der Waals surface area contributed by atoms with Gasteiger partial charge in [0, 0.05) is 25.0 Å². The Morgan fingerprint density at radius 3 is 2.61 bits per heavy atom. The zero-order valence-corrected chi connectivity index (χ0v) is 10.7. The third-order valence-electron chi connectivity index (χ3n) is 2.85. The quantitative estimate of drug-likeness (QED) is 0.839. The molecule has 0 aliphatic heterocycles. The van der Waals surface area contributed by atoms with E-state index < -0.39 is 0 Å². The summed E-state index contributed by atoms with van der Waals surface area (Å²) in [6.45, 7) is 2.79. The molecule has 0 bridgehead atoms. The fourth-order valence-corrected chi connectivity index (χ4v) is 1.99. The van der Waals surface area contributed by atoms with Crippen LogP contribution in [-0.2, 0) is 6.54 Å². The summed E-state index contributed by atoms with van der Waals surface area (Å²) in [5.74, 6) is -0.305. The van der Waals surface area contributed by atoms with Gasteiger partial charge in [0.2, 0.25) is 0 Å². The van der Waals surface area contributed by atoms with Gasteiger partial charge in [-0.25, -0.2) is 4.39 Å². The van der Waals surface area contributed by atoms with E-state index in [2.05, 4.69) is 25.1 Å². The lowest BCUT2D eigenvalue weighted by Crippen LogP contribution is -2.16. The number of halogens is 1. The summed E-state index contributed by atoms with van der Waals surface area (Å²) < 4.78 is 13.3. The molecule has 0 aromatic heterocycles. The van der Waals surface area contributed by atoms with E-state index in [4.69, 9.17) is 5.73 Å². The molecule has 0 amide bonds. The van der Waals surface area contributed by atoms with Gasteiger partial charge in [0.15, 0.2) is 0 Å². The van der Waals surface area contributed by atoms with Crippen LogP contribution in [0, 0.1) is 12.7 Å². The van der Waals surface area contributed by atoms with Crippen molar-refractivity contribution >= 4 is 11.4 Å². The Hall–Kier alpha value is -2.03. The number of nitrogen functional groups attached to an aromatic ring is 1. The van der Waals surface area contributed by atoms with Gasteiger partial charge in [0.25, 0.3) is 0 Å². The Kier molecular flexibility index (Phi) is 3.51. The van der Waals surface area contributed by atoms with Gasteiger partial charge in [-0.3, -0.25) is 0 Å². The van der Waals surface area contributed by atoms with Gasteiger partial charge in [0.05, 0.1) is 0 Å². The molecule has 3 heteroatoms. The monoisotopic (exact) mass is 244 g/mol. The average Bonchev–Trinajstić information content (AvgIpc) is 2.27. The fraction of sp³-hybridized carbons (Fsp3) is 0.200. The minimum Gasteiger partial charge on any atom is -0.399 e. The van der Waals surface area contributed by atoms with E-state index in [0.29, 0.717) is 5.69 Å². The van der Waals surface area contributed by atoms with Crippen molar-refractivity contribution < 1.29 is 4.39 Å². The number of benzene rings is 2. The van der Waals surface area contributed by atoms with Crippen molar-refractivity contribution in [3.05, 3.63) is 59.4 Å². The van der Waals surface area contributed by atoms with E-state index in [0.717, 1.165) is 12.2 Å². The highest BCUT2D eigenvalue weighted by atomic mass is 19.1. The molecule has 0 unspecified atom stereocenters. The maximum Gasteiger partial charge on any atom is 0.127 e. The number of nitrogens with zero attached hydrogens (tertiary/aromatic N) is 1. The first-order valence-electron chi connectivity index (χ1n) is 5.87. The second kappa shape index (κ2) is 5.08. The molecule has 94 valence electrons. The predicted octanol–water partition coefficient (Wildman–Crippen LogP) is 3.35. The largest absolute Gasteiger partial charge is 0.399 e. The van der Waals surface area contributed by atoms with Crippen molar-refractivity contribution in [3.8, 4) is 0 Å². The van der Waals surface area contributed by atoms with E-state index in [1.807, 2.05) is 18.0 Å². The first-order chi connectivity index (χ1) is 8.54. The van der Waals surface area contributed by atoms with Gasteiger partial charge in [-0.2, -0.15) is 0 Å². The summed E-state index contributed by atoms with van der Waals surface area (Å²) in [4.78, 5) is 1.98. The number of hydrogen-bond acceptors (Lipinski definition) is 2. The Morgan fingerprint density at radius 2 is 1.94 bits per heavy atom. The van der Waals surface area contributed by atoms with Gasteiger partial charge in [-0.15, -0.1) is 0 Å². The molecule has 0 spiro atoms. The van der Waals surface area contributed by atoms with Crippen LogP contribution < -0.4 is 10.6 Å². The third-order valence-corrected chi connectivity index (χ3v) is 2.85. The van der Waals surface area contributed by atoms with Crippen LogP contribution in [0.1, 0.15) is 11.1 Å². The van der Waals surface area contributed by atoms with Gasteiger partial charge in [-0.1, -0.05) is 29.8 Å². The minimum absolute atomic E-state index is 0.305. The third kappa shape index (κ3) is 3.00. The molecule has 2 N–H and O–H groups in total. The average molecular weight is 244 g/mol. The lowest BCUT2D eigenvalue weighted by Gasteiger charge is -2.20. The topological polar surface area (TPSA) is 29.3 Å². The van der Waals surface area contributed by atoms with Crippen LogP contribution in [0.5, 0.6) is 0 Å². The van der Waals surface area contributed by atoms with Crippen molar-refractivity contribution in [3.63, 3.8) is 0 Å². The predicted molar refractivity (Wildman–Crippen MR) is 74.1 cm³/mol. The van der Waals surface area contributed by atoms with Crippen LogP contribution in [-0.4, -0.2) is 7.05 Å². The van der Waals surface area contributed by atoms with Gasteiger partial charge in [0.1, 0.15) is 5.82 Å². The van der Waals surface area contributed by atoms with E-state index >= 15 is 0 Å². The molecular formula is C15H17FN2. The molecule has 0 atom stereocenters. The molecule has 0 fully saturated rings. The molecular weight excluding hydrogens is 227 g/mol. The van der Waals surface area contributed by atoms with Crippen molar-refractivity contribution in [2.24, 2.45) is 0 Å². The van der Waals surface area contributed by atoms with Crippen LogP contribution >= 0.6 is 0 Å². The Bertz CT molecular complexity index is 532. The van der Waals surface area contributed by atoms with Crippen molar-refractivity contribution in [1.29, 1.82) is 0 Å². The SMILES string of the molecule is Cc1cccc(CN(C)c2cc(N)cc(F)c2)c1. The fourth-order valence-electron chi connectivity index (χ4n) is 1.99. The molecule has 2 nitrogen and oxygen atoms in total. The number of rotatable bonds is 3. The minimum atomic E-state index is -0.305. The highest BCUT2D eigenvalue weighted by molar-refractivity contribution is 5.56. The number of anilines is 2. The lowest BCUT2D eigenvalue weighted by atomic mass is 10.1. The van der Waals surface area contributed by atoms with Crippen molar-refractivity contribution in [2.45, 2.75) is 13.5 Å². The maximum absolute atomic E-state index is 13.3. The number of aryl methyl sites for hydroxylation is 1. The lowest BCUT2D eigenvalue weighted by molar-refractivity contribution is 0.628. The summed E-state index contributed by atoms with van der Waals surface area (Å²) in [6.07, 6.45) is 0. The van der Waals surface area contributed by atoms with Gasteiger partial charge in [-0.05, 0) is 30.7 Å². The standard InChI is InChI=1S/C15H17FN2/c1-11-4-3-5-12(6-11)10-18(2)15-8-13(16)7-14(17)9-15/h3-9H,10,17H2,1-2H3. The molecule has 0 saturated carbocycles. The first kappa shape index (κ1) is 12.4. The molecule has 2 rings (SSSR count). The summed E-state index contributed by atoms with van der Waals surface area (Å²) in [6, 6.07) is 12.9. The van der Waals surface area contributed by atoms with E-state index in [-0.39, 0.29) is 5.82 Å². The zero-order valence-electron chi connectivity index (χ0n) is 10.7. The highest BCUT2D eigenvalue weighted by Gasteiger charge is 2.05. The van der Waals surface area contributed by atoms with E-state index in [9.17, 15) is 4.39 Å². The first-order valence-corrected chi connectivity index (χ1v) is 5.87. The smallest absolute Gasteiger partial charge is 0.127 e. The second-order valence-electron chi connectivity index (χ2n) is 4.59. The maximum atomic E-state index is 13.3. The summed E-state index contributed by atoms with van der Waals surface area (Å²) in [7, 11) is 1.93. The van der Waals surface area contributed by atoms with E-state index in [1.54, 1.807) is 6.07 Å². The summed E-state index contributed by atoms with van der Waals surface area (Å²) >= 11 is 0. The summed E-state index contributed by atoms with van der Waals surface area (Å²) in [5.41, 5.74) is 9.30. The molecule has 0 aliphatic rings. The highest BCUT2D eigenvalue weighted by Crippen LogP contribution is 2.20.